The van der Waals surface area contributed by atoms with Gasteiger partial charge in [-0.25, -0.2) is 4.79 Å². The van der Waals surface area contributed by atoms with E-state index >= 15 is 0 Å². The number of aryl methyl sites for hydroxylation is 1. The van der Waals surface area contributed by atoms with Gasteiger partial charge in [0.2, 0.25) is 0 Å². The number of carbonyl (C=O) groups is 1. The molecule has 1 saturated heterocycles. The summed E-state index contributed by atoms with van der Waals surface area (Å²) in [6, 6.07) is 5.25. The van der Waals surface area contributed by atoms with Gasteiger partial charge in [0.05, 0.1) is 12.2 Å². The maximum Gasteiger partial charge on any atom is 0.338 e. The van der Waals surface area contributed by atoms with Crippen LogP contribution in [0.4, 0.5) is 5.69 Å². The molecule has 20 heavy (non-hydrogen) atoms. The fourth-order valence-electron chi connectivity index (χ4n) is 2.27. The van der Waals surface area contributed by atoms with Gasteiger partial charge in [-0.2, -0.15) is 0 Å². The fourth-order valence-corrected chi connectivity index (χ4v) is 2.27. The minimum absolute atomic E-state index is 0.0472. The van der Waals surface area contributed by atoms with Gasteiger partial charge in [0.1, 0.15) is 12.7 Å². The molecule has 1 aliphatic rings. The number of carbonyl (C=O) groups excluding carboxylic acids is 1. The largest absolute Gasteiger partial charge is 0.459 e. The Morgan fingerprint density at radius 3 is 3.10 bits per heavy atom. The van der Waals surface area contributed by atoms with Crippen LogP contribution in [-0.4, -0.2) is 49.8 Å². The van der Waals surface area contributed by atoms with E-state index in [1.807, 2.05) is 13.0 Å². The molecular weight excluding hydrogens is 256 g/mol. The van der Waals surface area contributed by atoms with Crippen LogP contribution in [0.3, 0.4) is 0 Å². The van der Waals surface area contributed by atoms with Gasteiger partial charge in [0.15, 0.2) is 0 Å². The van der Waals surface area contributed by atoms with E-state index in [-0.39, 0.29) is 18.7 Å². The highest BCUT2D eigenvalue weighted by Gasteiger charge is 2.21. The highest BCUT2D eigenvalue weighted by molar-refractivity contribution is 5.92. The molecule has 0 saturated carbocycles. The van der Waals surface area contributed by atoms with Crippen molar-refractivity contribution in [2.24, 2.45) is 0 Å². The topological polar surface area (TPSA) is 64.8 Å². The lowest BCUT2D eigenvalue weighted by Gasteiger charge is -2.31. The van der Waals surface area contributed by atoms with Gasteiger partial charge in [0, 0.05) is 18.8 Å². The zero-order chi connectivity index (χ0) is 14.5. The van der Waals surface area contributed by atoms with Crippen molar-refractivity contribution in [3.8, 4) is 0 Å². The third-order valence-corrected chi connectivity index (χ3v) is 3.55. The number of anilines is 1. The molecule has 5 nitrogen and oxygen atoms in total. The van der Waals surface area contributed by atoms with Gasteiger partial charge in [-0.1, -0.05) is 13.0 Å². The number of nitrogen functional groups attached to an aromatic ring is 1. The van der Waals surface area contributed by atoms with Crippen molar-refractivity contribution in [2.45, 2.75) is 20.0 Å². The zero-order valence-electron chi connectivity index (χ0n) is 12.1. The quantitative estimate of drug-likeness (QED) is 0.667. The molecule has 2 N–H and O–H groups in total. The van der Waals surface area contributed by atoms with Crippen LogP contribution in [0, 0.1) is 6.92 Å². The van der Waals surface area contributed by atoms with Crippen LogP contribution in [0.5, 0.6) is 0 Å². The molecule has 0 aliphatic carbocycles. The van der Waals surface area contributed by atoms with E-state index in [1.54, 1.807) is 12.1 Å². The van der Waals surface area contributed by atoms with E-state index in [9.17, 15) is 4.79 Å². The molecule has 1 heterocycles. The molecule has 1 aromatic carbocycles. The summed E-state index contributed by atoms with van der Waals surface area (Å²) in [4.78, 5) is 14.3. The predicted octanol–water partition coefficient (Wildman–Crippen LogP) is 1.45. The van der Waals surface area contributed by atoms with E-state index in [0.29, 0.717) is 17.9 Å². The highest BCUT2D eigenvalue weighted by Crippen LogP contribution is 2.14. The van der Waals surface area contributed by atoms with Crippen molar-refractivity contribution in [3.05, 3.63) is 29.3 Å². The minimum atomic E-state index is -0.341. The normalized spacial score (nSPS) is 19.8. The van der Waals surface area contributed by atoms with Crippen molar-refractivity contribution in [3.63, 3.8) is 0 Å². The van der Waals surface area contributed by atoms with Crippen LogP contribution in [-0.2, 0) is 9.47 Å². The van der Waals surface area contributed by atoms with Crippen LogP contribution in [0.25, 0.3) is 0 Å². The van der Waals surface area contributed by atoms with Gasteiger partial charge in [-0.3, -0.25) is 4.90 Å². The Kier molecular flexibility index (Phi) is 4.98. The average Bonchev–Trinajstić information content (AvgIpc) is 2.47. The number of hydrogen-bond donors (Lipinski definition) is 1. The molecule has 5 heteroatoms. The van der Waals surface area contributed by atoms with Gasteiger partial charge in [-0.15, -0.1) is 0 Å². The molecule has 1 fully saturated rings. The number of ether oxygens (including phenoxy) is 2. The number of morpholine rings is 1. The molecule has 0 bridgehead atoms. The van der Waals surface area contributed by atoms with Gasteiger partial charge in [0.25, 0.3) is 0 Å². The summed E-state index contributed by atoms with van der Waals surface area (Å²) in [5.74, 6) is -0.341. The summed E-state index contributed by atoms with van der Waals surface area (Å²) in [6.07, 6.45) is -0.0472. The van der Waals surface area contributed by atoms with E-state index in [2.05, 4.69) is 11.8 Å². The van der Waals surface area contributed by atoms with E-state index in [1.165, 1.54) is 0 Å². The number of benzene rings is 1. The van der Waals surface area contributed by atoms with E-state index in [0.717, 1.165) is 25.2 Å². The minimum Gasteiger partial charge on any atom is -0.459 e. The first-order valence-corrected chi connectivity index (χ1v) is 6.97. The smallest absolute Gasteiger partial charge is 0.338 e. The van der Waals surface area contributed by atoms with Crippen LogP contribution in [0.15, 0.2) is 18.2 Å². The second-order valence-electron chi connectivity index (χ2n) is 5.06. The molecule has 0 radical (unpaired) electrons. The van der Waals surface area contributed by atoms with Crippen molar-refractivity contribution in [2.75, 3.05) is 38.6 Å². The van der Waals surface area contributed by atoms with E-state index in [4.69, 9.17) is 15.2 Å². The second-order valence-corrected chi connectivity index (χ2v) is 5.06. The summed E-state index contributed by atoms with van der Waals surface area (Å²) < 4.78 is 11.0. The molecule has 1 atom stereocenters. The zero-order valence-corrected chi connectivity index (χ0v) is 12.1. The molecule has 110 valence electrons. The number of nitrogens with two attached hydrogens (primary N) is 1. The fraction of sp³-hybridized carbons (Fsp3) is 0.533. The first-order valence-electron chi connectivity index (χ1n) is 6.97. The summed E-state index contributed by atoms with van der Waals surface area (Å²) in [5.41, 5.74) is 7.65. The van der Waals surface area contributed by atoms with Crippen molar-refractivity contribution < 1.29 is 14.3 Å². The molecule has 1 aromatic rings. The molecule has 1 unspecified atom stereocenters. The summed E-state index contributed by atoms with van der Waals surface area (Å²) >= 11 is 0. The first kappa shape index (κ1) is 14.8. The summed E-state index contributed by atoms with van der Waals surface area (Å²) in [7, 11) is 0. The number of hydrogen-bond acceptors (Lipinski definition) is 5. The monoisotopic (exact) mass is 278 g/mol. The average molecular weight is 278 g/mol. The summed E-state index contributed by atoms with van der Waals surface area (Å²) in [5, 5.41) is 0. The molecule has 2 rings (SSSR count). The summed E-state index contributed by atoms with van der Waals surface area (Å²) in [6.45, 7) is 7.69. The Bertz CT molecular complexity index is 476. The first-order chi connectivity index (χ1) is 9.60. The van der Waals surface area contributed by atoms with Crippen LogP contribution < -0.4 is 5.73 Å². The maximum absolute atomic E-state index is 12.1. The lowest BCUT2D eigenvalue weighted by Crippen LogP contribution is -2.44. The molecule has 0 amide bonds. The van der Waals surface area contributed by atoms with Gasteiger partial charge in [-0.05, 0) is 31.2 Å². The molecule has 0 aromatic heterocycles. The number of rotatable bonds is 4. The number of esters is 1. The lowest BCUT2D eigenvalue weighted by molar-refractivity contribution is -0.0578. The Morgan fingerprint density at radius 2 is 2.35 bits per heavy atom. The third-order valence-electron chi connectivity index (χ3n) is 3.55. The van der Waals surface area contributed by atoms with Crippen LogP contribution in [0.1, 0.15) is 22.8 Å². The van der Waals surface area contributed by atoms with Crippen molar-refractivity contribution in [1.82, 2.24) is 4.90 Å². The molecule has 1 aliphatic heterocycles. The highest BCUT2D eigenvalue weighted by atomic mass is 16.6. The standard InChI is InChI=1S/C15H22N2O3/c1-3-17-6-7-19-13(9-17)10-20-15(18)14-8-12(16)5-4-11(14)2/h4-5,8,13H,3,6-7,9-10,16H2,1-2H3. The van der Waals surface area contributed by atoms with Crippen LogP contribution in [0.2, 0.25) is 0 Å². The third kappa shape index (κ3) is 3.71. The number of likely N-dealkylation sites (N-methyl/N-ethyl adjacent to an activating group) is 1. The Morgan fingerprint density at radius 1 is 1.55 bits per heavy atom. The molecular formula is C15H22N2O3. The van der Waals surface area contributed by atoms with E-state index < -0.39 is 0 Å². The second kappa shape index (κ2) is 6.72. The Hall–Kier alpha value is -1.59. The van der Waals surface area contributed by atoms with Crippen molar-refractivity contribution in [1.29, 1.82) is 0 Å². The van der Waals surface area contributed by atoms with Gasteiger partial charge >= 0.3 is 5.97 Å². The SMILES string of the molecule is CCN1CCOC(COC(=O)c2cc(N)ccc2C)C1. The lowest BCUT2D eigenvalue weighted by atomic mass is 10.1. The molecule has 0 spiro atoms. The maximum atomic E-state index is 12.1. The predicted molar refractivity (Wildman–Crippen MR) is 77.7 cm³/mol. The Labute approximate surface area is 119 Å². The van der Waals surface area contributed by atoms with Gasteiger partial charge < -0.3 is 15.2 Å². The Balaban J connectivity index is 1.90. The number of nitrogens with zero attached hydrogens (tertiary/aromatic N) is 1. The van der Waals surface area contributed by atoms with Crippen LogP contribution >= 0.6 is 0 Å². The van der Waals surface area contributed by atoms with Crippen molar-refractivity contribution >= 4 is 11.7 Å².